The number of carbonyl (C=O) groups is 1. The predicted octanol–water partition coefficient (Wildman–Crippen LogP) is 3.92. The van der Waals surface area contributed by atoms with Crippen molar-refractivity contribution in [3.8, 4) is 5.75 Å². The number of alkyl halides is 3. The summed E-state index contributed by atoms with van der Waals surface area (Å²) in [5, 5.41) is 0.774. The average Bonchev–Trinajstić information content (AvgIpc) is 2.75. The molecule has 0 unspecified atom stereocenters. The van der Waals surface area contributed by atoms with Crippen LogP contribution in [0.3, 0.4) is 0 Å². The van der Waals surface area contributed by atoms with Crippen LogP contribution in [0, 0.1) is 0 Å². The molecule has 1 saturated heterocycles. The molecule has 0 aliphatic carbocycles. The summed E-state index contributed by atoms with van der Waals surface area (Å²) in [5.74, 6) is -0.883. The molecular weight excluding hydrogens is 423 g/mol. The molecule has 32 heavy (non-hydrogen) atoms. The van der Waals surface area contributed by atoms with Crippen LogP contribution in [0.4, 0.5) is 18.9 Å². The van der Waals surface area contributed by atoms with E-state index in [1.807, 2.05) is 29.2 Å². The number of rotatable bonds is 4. The van der Waals surface area contributed by atoms with Crippen LogP contribution < -0.4 is 20.9 Å². The maximum absolute atomic E-state index is 12.8. The minimum absolute atomic E-state index is 0.0293. The Bertz CT molecular complexity index is 1210. The number of nitrogens with two attached hydrogens (primary N) is 1. The van der Waals surface area contributed by atoms with Gasteiger partial charge in [-0.05, 0) is 42.5 Å². The number of piperidine rings is 1. The molecule has 1 amide bonds. The molecule has 168 valence electrons. The first kappa shape index (κ1) is 21.7. The van der Waals surface area contributed by atoms with E-state index in [-0.39, 0.29) is 17.2 Å². The second-order valence-corrected chi connectivity index (χ2v) is 7.85. The highest BCUT2D eigenvalue weighted by Crippen LogP contribution is 2.35. The molecule has 4 rings (SSSR count). The van der Waals surface area contributed by atoms with Gasteiger partial charge in [-0.1, -0.05) is 30.3 Å². The van der Waals surface area contributed by atoms with E-state index in [9.17, 15) is 22.8 Å². The van der Waals surface area contributed by atoms with Crippen molar-refractivity contribution in [2.75, 3.05) is 18.0 Å². The lowest BCUT2D eigenvalue weighted by atomic mass is 9.89. The summed E-state index contributed by atoms with van der Waals surface area (Å²) in [4.78, 5) is 27.0. The number of hydrogen-bond donors (Lipinski definition) is 1. The molecule has 0 saturated carbocycles. The molecule has 2 N–H and O–H groups in total. The van der Waals surface area contributed by atoms with Gasteiger partial charge in [-0.25, -0.2) is 0 Å². The van der Waals surface area contributed by atoms with Gasteiger partial charge in [-0.15, -0.1) is 13.2 Å². The van der Waals surface area contributed by atoms with E-state index in [1.165, 1.54) is 16.7 Å². The van der Waals surface area contributed by atoms with E-state index in [4.69, 9.17) is 5.73 Å². The number of pyridine rings is 1. The van der Waals surface area contributed by atoms with E-state index < -0.39 is 17.8 Å². The van der Waals surface area contributed by atoms with Crippen LogP contribution in [0.2, 0.25) is 0 Å². The lowest BCUT2D eigenvalue weighted by molar-refractivity contribution is -0.274. The lowest BCUT2D eigenvalue weighted by Gasteiger charge is -2.35. The maximum Gasteiger partial charge on any atom is 0.573 e. The third kappa shape index (κ3) is 4.15. The van der Waals surface area contributed by atoms with Crippen molar-refractivity contribution >= 4 is 22.5 Å². The van der Waals surface area contributed by atoms with Crippen LogP contribution in [0.15, 0.2) is 53.3 Å². The summed E-state index contributed by atoms with van der Waals surface area (Å²) in [6.45, 7) is 1.14. The van der Waals surface area contributed by atoms with Crippen LogP contribution in [-0.4, -0.2) is 29.9 Å². The first-order valence-corrected chi connectivity index (χ1v) is 10.2. The molecule has 3 aromatic rings. The molecule has 1 aromatic heterocycles. The Kier molecular flexibility index (Phi) is 5.58. The lowest BCUT2D eigenvalue weighted by Crippen LogP contribution is -2.38. The van der Waals surface area contributed by atoms with Gasteiger partial charge in [-0.2, -0.15) is 0 Å². The van der Waals surface area contributed by atoms with Gasteiger partial charge in [0.25, 0.3) is 11.5 Å². The molecule has 0 bridgehead atoms. The van der Waals surface area contributed by atoms with Gasteiger partial charge < -0.3 is 19.9 Å². The number of amides is 1. The van der Waals surface area contributed by atoms with E-state index in [1.54, 1.807) is 19.2 Å². The number of hydrogen-bond acceptors (Lipinski definition) is 4. The number of carbonyl (C=O) groups excluding carboxylic acids is 1. The Labute approximate surface area is 182 Å². The van der Waals surface area contributed by atoms with Gasteiger partial charge in [0.15, 0.2) is 0 Å². The van der Waals surface area contributed by atoms with Crippen LogP contribution in [0.1, 0.15) is 34.7 Å². The highest BCUT2D eigenvalue weighted by atomic mass is 19.4. The summed E-state index contributed by atoms with van der Waals surface area (Å²) in [6, 6.07) is 13.3. The first-order valence-electron chi connectivity index (χ1n) is 10.2. The fourth-order valence-corrected chi connectivity index (χ4v) is 4.41. The number of primary amides is 1. The standard InChI is InChI=1S/C23H22F3N3O3/c1-28-18-5-3-2-4-17(18)20(19(21(27)30)22(28)31)29-12-10-15(11-13-29)14-6-8-16(9-7-14)32-23(24,25)26/h2-9,15H,10-13H2,1H3,(H2,27,30). The summed E-state index contributed by atoms with van der Waals surface area (Å²) in [6.07, 6.45) is -3.30. The summed E-state index contributed by atoms with van der Waals surface area (Å²) >= 11 is 0. The number of aryl methyl sites for hydroxylation is 1. The maximum atomic E-state index is 12.8. The number of aromatic nitrogens is 1. The van der Waals surface area contributed by atoms with Gasteiger partial charge in [0.05, 0.1) is 11.2 Å². The average molecular weight is 445 g/mol. The number of halogens is 3. The van der Waals surface area contributed by atoms with E-state index in [0.717, 1.165) is 10.9 Å². The quantitative estimate of drug-likeness (QED) is 0.661. The molecule has 2 heterocycles. The second kappa shape index (κ2) is 8.22. The third-order valence-corrected chi connectivity index (χ3v) is 5.92. The largest absolute Gasteiger partial charge is 0.573 e. The van der Waals surface area contributed by atoms with E-state index >= 15 is 0 Å². The smallest absolute Gasteiger partial charge is 0.406 e. The van der Waals surface area contributed by atoms with Gasteiger partial charge in [-0.3, -0.25) is 9.59 Å². The predicted molar refractivity (Wildman–Crippen MR) is 115 cm³/mol. The topological polar surface area (TPSA) is 77.6 Å². The van der Waals surface area contributed by atoms with Gasteiger partial charge >= 0.3 is 6.36 Å². The van der Waals surface area contributed by atoms with Crippen LogP contribution in [-0.2, 0) is 7.05 Å². The fourth-order valence-electron chi connectivity index (χ4n) is 4.41. The molecule has 0 spiro atoms. The van der Waals surface area contributed by atoms with Crippen molar-refractivity contribution < 1.29 is 22.7 Å². The molecule has 2 aromatic carbocycles. The molecule has 1 fully saturated rings. The van der Waals surface area contributed by atoms with E-state index in [0.29, 0.717) is 37.1 Å². The second-order valence-electron chi connectivity index (χ2n) is 7.85. The summed E-state index contributed by atoms with van der Waals surface area (Å²) in [7, 11) is 1.61. The van der Waals surface area contributed by atoms with E-state index in [2.05, 4.69) is 4.74 Å². The zero-order valence-corrected chi connectivity index (χ0v) is 17.4. The number of para-hydroxylation sites is 1. The molecule has 0 radical (unpaired) electrons. The van der Waals surface area contributed by atoms with Crippen LogP contribution in [0.25, 0.3) is 10.9 Å². The van der Waals surface area contributed by atoms with Crippen molar-refractivity contribution in [1.82, 2.24) is 4.57 Å². The van der Waals surface area contributed by atoms with Gasteiger partial charge in [0, 0.05) is 25.5 Å². The SMILES string of the molecule is Cn1c(=O)c(C(N)=O)c(N2CCC(c3ccc(OC(F)(F)F)cc3)CC2)c2ccccc21. The van der Waals surface area contributed by atoms with Crippen molar-refractivity contribution in [1.29, 1.82) is 0 Å². The minimum Gasteiger partial charge on any atom is -0.406 e. The number of nitrogens with zero attached hydrogens (tertiary/aromatic N) is 2. The zero-order valence-electron chi connectivity index (χ0n) is 17.4. The Morgan fingerprint density at radius 3 is 2.28 bits per heavy atom. The minimum atomic E-state index is -4.72. The third-order valence-electron chi connectivity index (χ3n) is 5.92. The molecule has 1 aliphatic heterocycles. The molecular formula is C23H22F3N3O3. The highest BCUT2D eigenvalue weighted by molar-refractivity contribution is 6.06. The molecule has 9 heteroatoms. The molecule has 0 atom stereocenters. The van der Waals surface area contributed by atoms with Crippen molar-refractivity contribution in [2.45, 2.75) is 25.1 Å². The first-order chi connectivity index (χ1) is 15.2. The number of anilines is 1. The Morgan fingerprint density at radius 1 is 1.06 bits per heavy atom. The van der Waals surface area contributed by atoms with Crippen molar-refractivity contribution in [2.24, 2.45) is 12.8 Å². The Hall–Kier alpha value is -3.49. The van der Waals surface area contributed by atoms with Crippen LogP contribution >= 0.6 is 0 Å². The molecule has 1 aliphatic rings. The Morgan fingerprint density at radius 2 is 1.69 bits per heavy atom. The van der Waals surface area contributed by atoms with Crippen LogP contribution in [0.5, 0.6) is 5.75 Å². The highest BCUT2D eigenvalue weighted by Gasteiger charge is 2.31. The molecule has 6 nitrogen and oxygen atoms in total. The summed E-state index contributed by atoms with van der Waals surface area (Å²) < 4.78 is 42.5. The summed E-state index contributed by atoms with van der Waals surface area (Å²) in [5.41, 5.74) is 7.29. The number of fused-ring (bicyclic) bond motifs is 1. The number of ether oxygens (including phenoxy) is 1. The van der Waals surface area contributed by atoms with Gasteiger partial charge in [0.2, 0.25) is 0 Å². The normalized spacial score (nSPS) is 15.2. The van der Waals surface area contributed by atoms with Gasteiger partial charge in [0.1, 0.15) is 11.3 Å². The van der Waals surface area contributed by atoms with Crippen molar-refractivity contribution in [3.63, 3.8) is 0 Å². The fraction of sp³-hybridized carbons (Fsp3) is 0.304. The number of benzene rings is 2. The zero-order chi connectivity index (χ0) is 23.0. The Balaban J connectivity index is 1.60. The van der Waals surface area contributed by atoms with Crippen molar-refractivity contribution in [3.05, 3.63) is 70.0 Å². The monoisotopic (exact) mass is 445 g/mol.